The average Bonchev–Trinajstić information content (AvgIpc) is 3.08. The van der Waals surface area contributed by atoms with Gasteiger partial charge >= 0.3 is 0 Å². The highest BCUT2D eigenvalue weighted by Gasteiger charge is 2.36. The molecule has 2 saturated heterocycles. The van der Waals surface area contributed by atoms with E-state index in [9.17, 15) is 5.11 Å². The Balaban J connectivity index is 1.53. The Morgan fingerprint density at radius 1 is 1.14 bits per heavy atom. The van der Waals surface area contributed by atoms with Crippen molar-refractivity contribution in [3.63, 3.8) is 0 Å². The van der Waals surface area contributed by atoms with Crippen molar-refractivity contribution in [1.29, 1.82) is 0 Å². The maximum atomic E-state index is 10.4. The molecule has 2 atom stereocenters. The predicted molar refractivity (Wildman–Crippen MR) is 86.8 cm³/mol. The molecule has 2 aliphatic rings. The summed E-state index contributed by atoms with van der Waals surface area (Å²) in [5.74, 6) is 2.10. The largest absolute Gasteiger partial charge is 0.465 e. The first-order chi connectivity index (χ1) is 10.7. The molecule has 0 saturated carbocycles. The van der Waals surface area contributed by atoms with Crippen LogP contribution in [-0.4, -0.2) is 78.3 Å². The van der Waals surface area contributed by atoms with Gasteiger partial charge in [0.15, 0.2) is 0 Å². The topological polar surface area (TPSA) is 43.1 Å². The van der Waals surface area contributed by atoms with Gasteiger partial charge in [0.25, 0.3) is 0 Å². The number of aryl methyl sites for hydroxylation is 1. The number of aliphatic hydroxyl groups is 1. The van der Waals surface area contributed by atoms with E-state index >= 15 is 0 Å². The van der Waals surface area contributed by atoms with E-state index < -0.39 is 0 Å². The van der Waals surface area contributed by atoms with E-state index in [1.807, 2.05) is 0 Å². The molecule has 1 aromatic heterocycles. The highest BCUT2D eigenvalue weighted by molar-refractivity contribution is 5.08. The summed E-state index contributed by atoms with van der Waals surface area (Å²) < 4.78 is 5.87. The van der Waals surface area contributed by atoms with Crippen LogP contribution in [0.1, 0.15) is 24.9 Å². The number of aliphatic hydroxyl groups excluding tert-OH is 1. The van der Waals surface area contributed by atoms with E-state index in [0.717, 1.165) is 70.2 Å². The van der Waals surface area contributed by atoms with Crippen molar-refractivity contribution in [1.82, 2.24) is 14.7 Å². The Morgan fingerprint density at radius 2 is 1.86 bits per heavy atom. The summed E-state index contributed by atoms with van der Waals surface area (Å²) >= 11 is 0. The van der Waals surface area contributed by atoms with Crippen molar-refractivity contribution < 1.29 is 9.52 Å². The van der Waals surface area contributed by atoms with Crippen molar-refractivity contribution >= 4 is 0 Å². The molecule has 1 N–H and O–H groups in total. The summed E-state index contributed by atoms with van der Waals surface area (Å²) in [6.45, 7) is 8.99. The zero-order chi connectivity index (χ0) is 15.5. The molecule has 0 unspecified atom stereocenters. The maximum Gasteiger partial charge on any atom is 0.118 e. The van der Waals surface area contributed by atoms with Crippen LogP contribution in [-0.2, 0) is 13.0 Å². The molecule has 0 aliphatic carbocycles. The molecule has 22 heavy (non-hydrogen) atoms. The zero-order valence-corrected chi connectivity index (χ0v) is 13.9. The van der Waals surface area contributed by atoms with Crippen molar-refractivity contribution in [3.05, 3.63) is 23.7 Å². The fourth-order valence-corrected chi connectivity index (χ4v) is 3.60. The molecule has 0 aromatic carbocycles. The number of hydrogen-bond acceptors (Lipinski definition) is 5. The molecule has 2 aliphatic heterocycles. The molecule has 0 bridgehead atoms. The lowest BCUT2D eigenvalue weighted by atomic mass is 10.1. The van der Waals surface area contributed by atoms with E-state index in [2.05, 4.69) is 40.8 Å². The smallest absolute Gasteiger partial charge is 0.118 e. The molecular weight excluding hydrogens is 278 g/mol. The Labute approximate surface area is 133 Å². The van der Waals surface area contributed by atoms with Gasteiger partial charge in [-0.15, -0.1) is 0 Å². The first-order valence-corrected chi connectivity index (χ1v) is 8.56. The summed E-state index contributed by atoms with van der Waals surface area (Å²) in [5.41, 5.74) is 0. The Morgan fingerprint density at radius 3 is 2.59 bits per heavy atom. The molecule has 0 spiro atoms. The monoisotopic (exact) mass is 307 g/mol. The van der Waals surface area contributed by atoms with E-state index in [4.69, 9.17) is 4.42 Å². The van der Waals surface area contributed by atoms with Gasteiger partial charge in [0.05, 0.1) is 12.6 Å². The molecule has 3 rings (SSSR count). The Hall–Kier alpha value is -0.880. The molecule has 1 aromatic rings. The molecule has 3 heterocycles. The lowest BCUT2D eigenvalue weighted by molar-refractivity contribution is 0.0512. The molecule has 2 fully saturated rings. The fourth-order valence-electron chi connectivity index (χ4n) is 3.60. The SMILES string of the molecule is CCCc1ccc(CN2C[C@@H](O)[C@H](N3CCN(C)CC3)C2)o1. The van der Waals surface area contributed by atoms with Gasteiger partial charge in [-0.3, -0.25) is 9.80 Å². The number of likely N-dealkylation sites (N-methyl/N-ethyl adjacent to an activating group) is 1. The summed E-state index contributed by atoms with van der Waals surface area (Å²) in [6.07, 6.45) is 1.88. The number of furan rings is 1. The molecule has 0 radical (unpaired) electrons. The number of likely N-dealkylation sites (tertiary alicyclic amines) is 1. The third kappa shape index (κ3) is 3.71. The zero-order valence-electron chi connectivity index (χ0n) is 13.9. The van der Waals surface area contributed by atoms with Crippen LogP contribution in [0.4, 0.5) is 0 Å². The normalized spacial score (nSPS) is 28.5. The number of hydrogen-bond donors (Lipinski definition) is 1. The molecule has 0 amide bonds. The van der Waals surface area contributed by atoms with Crippen LogP contribution in [0.25, 0.3) is 0 Å². The standard InChI is InChI=1S/C17H29N3O2/c1-3-4-14-5-6-15(22-14)11-19-12-16(17(21)13-19)20-9-7-18(2)8-10-20/h5-6,16-17,21H,3-4,7-13H2,1-2H3/t16-,17-/m1/s1. The van der Waals surface area contributed by atoms with Crippen molar-refractivity contribution in [2.45, 2.75) is 38.5 Å². The Kier molecular flexibility index (Phi) is 5.18. The number of piperazine rings is 1. The van der Waals surface area contributed by atoms with Gasteiger partial charge in [0, 0.05) is 51.7 Å². The second-order valence-corrected chi connectivity index (χ2v) is 6.79. The molecule has 124 valence electrons. The minimum atomic E-state index is -0.242. The van der Waals surface area contributed by atoms with Gasteiger partial charge in [-0.2, -0.15) is 0 Å². The minimum absolute atomic E-state index is 0.242. The molecule has 5 heteroatoms. The van der Waals surface area contributed by atoms with E-state index in [1.54, 1.807) is 0 Å². The van der Waals surface area contributed by atoms with E-state index in [1.165, 1.54) is 0 Å². The van der Waals surface area contributed by atoms with Crippen molar-refractivity contribution in [3.8, 4) is 0 Å². The highest BCUT2D eigenvalue weighted by Crippen LogP contribution is 2.21. The van der Waals surface area contributed by atoms with Crippen LogP contribution in [0.2, 0.25) is 0 Å². The van der Waals surface area contributed by atoms with Crippen LogP contribution >= 0.6 is 0 Å². The number of β-amino-alcohol motifs (C(OH)–C–C–N with tert-alkyl or cyclic N) is 1. The third-order valence-electron chi connectivity index (χ3n) is 4.93. The van der Waals surface area contributed by atoms with Crippen molar-refractivity contribution in [2.24, 2.45) is 0 Å². The summed E-state index contributed by atoms with van der Waals surface area (Å²) in [5, 5.41) is 10.4. The first-order valence-electron chi connectivity index (χ1n) is 8.56. The third-order valence-corrected chi connectivity index (χ3v) is 4.93. The average molecular weight is 307 g/mol. The van der Waals surface area contributed by atoms with Gasteiger partial charge in [-0.1, -0.05) is 6.92 Å². The van der Waals surface area contributed by atoms with Gasteiger partial charge in [-0.25, -0.2) is 0 Å². The molecular formula is C17H29N3O2. The lowest BCUT2D eigenvalue weighted by Crippen LogP contribution is -2.52. The summed E-state index contributed by atoms with van der Waals surface area (Å²) in [4.78, 5) is 7.13. The van der Waals surface area contributed by atoms with Crippen LogP contribution < -0.4 is 0 Å². The number of nitrogens with zero attached hydrogens (tertiary/aromatic N) is 3. The van der Waals surface area contributed by atoms with E-state index in [0.29, 0.717) is 0 Å². The minimum Gasteiger partial charge on any atom is -0.465 e. The molecule has 5 nitrogen and oxygen atoms in total. The van der Waals surface area contributed by atoms with Crippen molar-refractivity contribution in [2.75, 3.05) is 46.3 Å². The first kappa shape index (κ1) is 16.0. The Bertz CT molecular complexity index is 468. The van der Waals surface area contributed by atoms with Crippen LogP contribution in [0.3, 0.4) is 0 Å². The van der Waals surface area contributed by atoms with Gasteiger partial charge in [-0.05, 0) is 25.6 Å². The lowest BCUT2D eigenvalue weighted by Gasteiger charge is -2.37. The summed E-state index contributed by atoms with van der Waals surface area (Å²) in [7, 11) is 2.17. The quantitative estimate of drug-likeness (QED) is 0.880. The second kappa shape index (κ2) is 7.13. The summed E-state index contributed by atoms with van der Waals surface area (Å²) in [6, 6.07) is 4.45. The van der Waals surface area contributed by atoms with Crippen LogP contribution in [0.5, 0.6) is 0 Å². The number of rotatable bonds is 5. The van der Waals surface area contributed by atoms with Gasteiger partial charge in [0.2, 0.25) is 0 Å². The van der Waals surface area contributed by atoms with Gasteiger partial charge < -0.3 is 14.4 Å². The van der Waals surface area contributed by atoms with Gasteiger partial charge in [0.1, 0.15) is 11.5 Å². The van der Waals surface area contributed by atoms with Crippen LogP contribution in [0, 0.1) is 0 Å². The fraction of sp³-hybridized carbons (Fsp3) is 0.765. The maximum absolute atomic E-state index is 10.4. The highest BCUT2D eigenvalue weighted by atomic mass is 16.3. The van der Waals surface area contributed by atoms with Crippen LogP contribution in [0.15, 0.2) is 16.5 Å². The van der Waals surface area contributed by atoms with E-state index in [-0.39, 0.29) is 12.1 Å². The second-order valence-electron chi connectivity index (χ2n) is 6.79. The predicted octanol–water partition coefficient (Wildman–Crippen LogP) is 1.02.